The largest absolute Gasteiger partial charge is 0.479 e. The zero-order valence-corrected chi connectivity index (χ0v) is 27.8. The van der Waals surface area contributed by atoms with Gasteiger partial charge in [-0.2, -0.15) is 0 Å². The second kappa shape index (κ2) is 18.8. The van der Waals surface area contributed by atoms with Gasteiger partial charge in [-0.15, -0.1) is 0 Å². The molecule has 0 saturated carbocycles. The zero-order chi connectivity index (χ0) is 35.0. The van der Waals surface area contributed by atoms with Gasteiger partial charge in [-0.05, 0) is 47.5 Å². The minimum Gasteiger partial charge on any atom is -0.479 e. The van der Waals surface area contributed by atoms with E-state index in [0.717, 1.165) is 16.7 Å². The molecule has 2 aromatic heterocycles. The molecule has 4 rings (SSSR count). The summed E-state index contributed by atoms with van der Waals surface area (Å²) < 4.78 is 20.7. The maximum absolute atomic E-state index is 13.7. The summed E-state index contributed by atoms with van der Waals surface area (Å²) in [6, 6.07) is 21.7. The van der Waals surface area contributed by atoms with Crippen LogP contribution in [0.2, 0.25) is 0 Å². The Morgan fingerprint density at radius 1 is 0.816 bits per heavy atom. The number of nitrogens with zero attached hydrogens (tertiary/aromatic N) is 2. The number of hydrogen-bond donors (Lipinski definition) is 4. The number of alkyl carbamates (subject to hydrolysis) is 2. The predicted molar refractivity (Wildman–Crippen MR) is 179 cm³/mol. The normalized spacial score (nSPS) is 13.4. The Kier molecular flexibility index (Phi) is 14.0. The topological polar surface area (TPSA) is 174 Å². The van der Waals surface area contributed by atoms with Gasteiger partial charge < -0.3 is 39.8 Å². The van der Waals surface area contributed by atoms with Crippen molar-refractivity contribution < 1.29 is 38.2 Å². The van der Waals surface area contributed by atoms with Crippen LogP contribution in [0.1, 0.15) is 42.7 Å². The highest BCUT2D eigenvalue weighted by Crippen LogP contribution is 2.16. The SMILES string of the molecule is COc1cc(COC(=O)N[C@H](C(=O)N[C@@H](Cc2ccccc2)[C@@H](O)C[C@H](Cc2ccccc2)NC(=O)OCc2cccnc2)C(C)C)on1. The Morgan fingerprint density at radius 2 is 1.45 bits per heavy atom. The van der Waals surface area contributed by atoms with Crippen LogP contribution in [0, 0.1) is 5.92 Å². The van der Waals surface area contributed by atoms with Crippen molar-refractivity contribution in [1.29, 1.82) is 0 Å². The molecule has 13 nitrogen and oxygen atoms in total. The van der Waals surface area contributed by atoms with E-state index in [0.29, 0.717) is 12.8 Å². The number of benzene rings is 2. The van der Waals surface area contributed by atoms with Gasteiger partial charge in [-0.3, -0.25) is 9.78 Å². The van der Waals surface area contributed by atoms with E-state index in [2.05, 4.69) is 26.1 Å². The molecule has 0 aliphatic carbocycles. The number of amides is 3. The zero-order valence-electron chi connectivity index (χ0n) is 27.8. The monoisotopic (exact) mass is 673 g/mol. The maximum atomic E-state index is 13.7. The van der Waals surface area contributed by atoms with Gasteiger partial charge in [-0.25, -0.2) is 9.59 Å². The lowest BCUT2D eigenvalue weighted by Crippen LogP contribution is -2.56. The van der Waals surface area contributed by atoms with E-state index < -0.39 is 42.3 Å². The highest BCUT2D eigenvalue weighted by Gasteiger charge is 2.31. The van der Waals surface area contributed by atoms with Crippen LogP contribution in [0.25, 0.3) is 0 Å². The summed E-state index contributed by atoms with van der Waals surface area (Å²) in [4.78, 5) is 43.3. The van der Waals surface area contributed by atoms with Crippen molar-refractivity contribution >= 4 is 18.1 Å². The van der Waals surface area contributed by atoms with Gasteiger partial charge >= 0.3 is 12.2 Å². The van der Waals surface area contributed by atoms with Crippen LogP contribution in [0.4, 0.5) is 9.59 Å². The molecule has 0 fully saturated rings. The summed E-state index contributed by atoms with van der Waals surface area (Å²) in [7, 11) is 1.43. The summed E-state index contributed by atoms with van der Waals surface area (Å²) >= 11 is 0. The highest BCUT2D eigenvalue weighted by molar-refractivity contribution is 5.86. The quantitative estimate of drug-likeness (QED) is 0.126. The molecule has 0 aliphatic heterocycles. The molecular weight excluding hydrogens is 630 g/mol. The molecule has 260 valence electrons. The molecule has 49 heavy (non-hydrogen) atoms. The van der Waals surface area contributed by atoms with Gasteiger partial charge in [0.25, 0.3) is 5.88 Å². The van der Waals surface area contributed by atoms with Crippen molar-refractivity contribution in [2.75, 3.05) is 7.11 Å². The second-order valence-electron chi connectivity index (χ2n) is 11.9. The predicted octanol–water partition coefficient (Wildman–Crippen LogP) is 4.35. The number of carbonyl (C=O) groups excluding carboxylic acids is 3. The molecule has 2 heterocycles. The molecule has 0 spiro atoms. The minimum atomic E-state index is -1.10. The van der Waals surface area contributed by atoms with Crippen LogP contribution >= 0.6 is 0 Å². The van der Waals surface area contributed by atoms with Crippen LogP contribution in [-0.4, -0.2) is 64.7 Å². The van der Waals surface area contributed by atoms with Crippen LogP contribution in [-0.2, 0) is 40.3 Å². The lowest BCUT2D eigenvalue weighted by atomic mass is 9.93. The highest BCUT2D eigenvalue weighted by atomic mass is 16.6. The average Bonchev–Trinajstić information content (AvgIpc) is 3.58. The first-order chi connectivity index (χ1) is 23.7. The summed E-state index contributed by atoms with van der Waals surface area (Å²) in [5, 5.41) is 23.8. The number of ether oxygens (including phenoxy) is 3. The lowest BCUT2D eigenvalue weighted by molar-refractivity contribution is -0.125. The molecule has 4 atom stereocenters. The molecule has 0 radical (unpaired) electrons. The van der Waals surface area contributed by atoms with E-state index in [1.807, 2.05) is 60.7 Å². The van der Waals surface area contributed by atoms with Crippen molar-refractivity contribution in [2.24, 2.45) is 5.92 Å². The lowest BCUT2D eigenvalue weighted by Gasteiger charge is -2.30. The van der Waals surface area contributed by atoms with Gasteiger partial charge in [0, 0.05) is 30.1 Å². The van der Waals surface area contributed by atoms with Crippen LogP contribution in [0.3, 0.4) is 0 Å². The van der Waals surface area contributed by atoms with E-state index in [1.54, 1.807) is 38.4 Å². The molecule has 0 unspecified atom stereocenters. The van der Waals surface area contributed by atoms with E-state index in [-0.39, 0.29) is 37.2 Å². The van der Waals surface area contributed by atoms with E-state index >= 15 is 0 Å². The van der Waals surface area contributed by atoms with Gasteiger partial charge in [0.05, 0.1) is 19.3 Å². The Bertz CT molecular complexity index is 1590. The molecule has 4 aromatic rings. The molecule has 0 aliphatic rings. The third-order valence-corrected chi connectivity index (χ3v) is 7.67. The van der Waals surface area contributed by atoms with Crippen LogP contribution < -0.4 is 20.7 Å². The van der Waals surface area contributed by atoms with Crippen molar-refractivity contribution in [3.63, 3.8) is 0 Å². The molecule has 0 saturated heterocycles. The van der Waals surface area contributed by atoms with Crippen molar-refractivity contribution in [3.8, 4) is 5.88 Å². The number of carbonyl (C=O) groups is 3. The number of hydrogen-bond acceptors (Lipinski definition) is 10. The third kappa shape index (κ3) is 12.3. The first-order valence-electron chi connectivity index (χ1n) is 16.0. The molecule has 4 N–H and O–H groups in total. The molecule has 0 bridgehead atoms. The minimum absolute atomic E-state index is 0.0333. The average molecular weight is 674 g/mol. The Morgan fingerprint density at radius 3 is 2.06 bits per heavy atom. The molecule has 2 aromatic carbocycles. The fourth-order valence-corrected chi connectivity index (χ4v) is 5.11. The fraction of sp³-hybridized carbons (Fsp3) is 0.361. The number of aliphatic hydroxyl groups excluding tert-OH is 1. The van der Waals surface area contributed by atoms with Gasteiger partial charge in [0.1, 0.15) is 12.6 Å². The molecular formula is C36H43N5O8. The van der Waals surface area contributed by atoms with E-state index in [9.17, 15) is 19.5 Å². The maximum Gasteiger partial charge on any atom is 0.408 e. The summed E-state index contributed by atoms with van der Waals surface area (Å²) in [6.45, 7) is 3.38. The third-order valence-electron chi connectivity index (χ3n) is 7.67. The number of methoxy groups -OCH3 is 1. The number of aromatic nitrogens is 2. The van der Waals surface area contributed by atoms with Crippen molar-refractivity contribution in [1.82, 2.24) is 26.1 Å². The fourth-order valence-electron chi connectivity index (χ4n) is 5.11. The number of rotatable bonds is 17. The first-order valence-corrected chi connectivity index (χ1v) is 16.0. The second-order valence-corrected chi connectivity index (χ2v) is 11.9. The first kappa shape index (κ1) is 36.4. The van der Waals surface area contributed by atoms with Gasteiger partial charge in [0.2, 0.25) is 5.91 Å². The smallest absolute Gasteiger partial charge is 0.408 e. The standard InChI is InChI=1S/C36H43N5O8/c1-24(2)33(40-36(45)48-23-29-20-32(46-3)41-49-29)34(43)39-30(18-26-13-8-5-9-14-26)31(42)19-28(17-25-11-6-4-7-12-25)38-35(44)47-22-27-15-10-16-37-21-27/h4-16,20-21,24,28,30-31,33,42H,17-19,22-23H2,1-3H3,(H,38,44)(H,39,43)(H,40,45)/t28-,30-,31-,33-/m0/s1. The summed E-state index contributed by atoms with van der Waals surface area (Å²) in [6.07, 6.45) is 1.46. The number of nitrogens with one attached hydrogen (secondary N) is 3. The van der Waals surface area contributed by atoms with Gasteiger partial charge in [-0.1, -0.05) is 80.6 Å². The van der Waals surface area contributed by atoms with Crippen molar-refractivity contribution in [3.05, 3.63) is 114 Å². The molecule has 3 amide bonds. The number of aliphatic hydroxyl groups is 1. The van der Waals surface area contributed by atoms with Crippen LogP contribution in [0.5, 0.6) is 5.88 Å². The Labute approximate surface area is 285 Å². The number of pyridine rings is 1. The Balaban J connectivity index is 1.45. The van der Waals surface area contributed by atoms with E-state index in [4.69, 9.17) is 18.7 Å². The van der Waals surface area contributed by atoms with Crippen LogP contribution in [0.15, 0.2) is 95.8 Å². The van der Waals surface area contributed by atoms with Crippen molar-refractivity contribution in [2.45, 2.75) is 70.6 Å². The van der Waals surface area contributed by atoms with E-state index in [1.165, 1.54) is 13.2 Å². The summed E-state index contributed by atoms with van der Waals surface area (Å²) in [5.41, 5.74) is 2.56. The summed E-state index contributed by atoms with van der Waals surface area (Å²) in [5.74, 6) is -0.321. The van der Waals surface area contributed by atoms with Gasteiger partial charge in [0.15, 0.2) is 12.4 Å². The Hall–Kier alpha value is -5.43. The molecule has 13 heteroatoms.